The van der Waals surface area contributed by atoms with Gasteiger partial charge in [-0.25, -0.2) is 10.2 Å². The number of carbonyl (C=O) groups is 1. The molecule has 0 saturated heterocycles. The second kappa shape index (κ2) is 5.03. The summed E-state index contributed by atoms with van der Waals surface area (Å²) >= 11 is 0. The molecule has 98 valence electrons. The lowest BCUT2D eigenvalue weighted by Gasteiger charge is -2.07. The van der Waals surface area contributed by atoms with Crippen LogP contribution in [0.2, 0.25) is 0 Å². The van der Waals surface area contributed by atoms with Gasteiger partial charge >= 0.3 is 0 Å². The highest BCUT2D eigenvalue weighted by molar-refractivity contribution is 5.94. The molecule has 0 spiro atoms. The fourth-order valence-corrected chi connectivity index (χ4v) is 1.78. The number of aryl methyl sites for hydroxylation is 1. The number of hydrazine groups is 1. The second-order valence-corrected chi connectivity index (χ2v) is 4.04. The van der Waals surface area contributed by atoms with E-state index < -0.39 is 11.7 Å². The summed E-state index contributed by atoms with van der Waals surface area (Å²) in [5.41, 5.74) is 2.54. The normalized spacial score (nSPS) is 10.3. The summed E-state index contributed by atoms with van der Waals surface area (Å²) in [6.07, 6.45) is 1.37. The number of halogens is 1. The van der Waals surface area contributed by atoms with Crippen LogP contribution in [-0.2, 0) is 7.05 Å². The van der Waals surface area contributed by atoms with Crippen LogP contribution in [0.15, 0.2) is 41.3 Å². The number of amides is 1. The summed E-state index contributed by atoms with van der Waals surface area (Å²) in [6, 6.07) is 7.01. The average Bonchev–Trinajstić information content (AvgIpc) is 2.40. The van der Waals surface area contributed by atoms with Crippen molar-refractivity contribution < 1.29 is 9.18 Å². The van der Waals surface area contributed by atoms with E-state index in [0.29, 0.717) is 5.56 Å². The maximum atomic E-state index is 13.2. The van der Waals surface area contributed by atoms with Crippen molar-refractivity contribution in [3.05, 3.63) is 58.3 Å². The molecular formula is C13H12FN3O2. The number of carbonyl (C=O) groups excluding carboxylic acids is 1. The Labute approximate surface area is 108 Å². The number of nitrogens with two attached hydrogens (primary N) is 1. The molecule has 0 unspecified atom stereocenters. The Balaban J connectivity index is 2.66. The first-order valence-corrected chi connectivity index (χ1v) is 5.50. The number of benzene rings is 1. The van der Waals surface area contributed by atoms with Crippen molar-refractivity contribution in [3.63, 3.8) is 0 Å². The summed E-state index contributed by atoms with van der Waals surface area (Å²) in [5, 5.41) is 0. The van der Waals surface area contributed by atoms with E-state index >= 15 is 0 Å². The first-order valence-electron chi connectivity index (χ1n) is 5.50. The molecule has 1 amide bonds. The highest BCUT2D eigenvalue weighted by Crippen LogP contribution is 2.17. The third-order valence-corrected chi connectivity index (χ3v) is 2.71. The van der Waals surface area contributed by atoms with E-state index in [-0.39, 0.29) is 16.7 Å². The van der Waals surface area contributed by atoms with Crippen LogP contribution in [0.4, 0.5) is 4.39 Å². The third kappa shape index (κ3) is 2.53. The molecule has 1 aromatic carbocycles. The van der Waals surface area contributed by atoms with Gasteiger partial charge in [-0.1, -0.05) is 12.1 Å². The summed E-state index contributed by atoms with van der Waals surface area (Å²) in [7, 11) is 1.51. The third-order valence-electron chi connectivity index (χ3n) is 2.71. The van der Waals surface area contributed by atoms with Crippen LogP contribution in [0.3, 0.4) is 0 Å². The molecule has 2 aromatic rings. The zero-order valence-electron chi connectivity index (χ0n) is 10.2. The van der Waals surface area contributed by atoms with Crippen LogP contribution in [-0.4, -0.2) is 10.5 Å². The van der Waals surface area contributed by atoms with E-state index in [4.69, 9.17) is 5.84 Å². The van der Waals surface area contributed by atoms with Crippen LogP contribution < -0.4 is 16.8 Å². The smallest absolute Gasteiger partial charge is 0.266 e. The number of nitrogens with one attached hydrogen (secondary N) is 1. The lowest BCUT2D eigenvalue weighted by molar-refractivity contribution is 0.0953. The molecule has 19 heavy (non-hydrogen) atoms. The first-order chi connectivity index (χ1) is 9.02. The molecule has 2 rings (SSSR count). The van der Waals surface area contributed by atoms with E-state index in [2.05, 4.69) is 0 Å². The van der Waals surface area contributed by atoms with Crippen molar-refractivity contribution >= 4 is 5.91 Å². The molecule has 0 aliphatic carbocycles. The molecule has 0 atom stereocenters. The van der Waals surface area contributed by atoms with E-state index in [9.17, 15) is 14.0 Å². The quantitative estimate of drug-likeness (QED) is 0.477. The molecule has 0 radical (unpaired) electrons. The lowest BCUT2D eigenvalue weighted by Crippen LogP contribution is -2.31. The lowest BCUT2D eigenvalue weighted by atomic mass is 10.1. The maximum absolute atomic E-state index is 13.2. The number of nitrogens with zero attached hydrogens (tertiary/aromatic N) is 1. The minimum atomic E-state index is -0.520. The molecular weight excluding hydrogens is 249 g/mol. The Kier molecular flexibility index (Phi) is 3.43. The van der Waals surface area contributed by atoms with Crippen molar-refractivity contribution in [1.29, 1.82) is 0 Å². The van der Waals surface area contributed by atoms with Gasteiger partial charge in [0.25, 0.3) is 11.5 Å². The van der Waals surface area contributed by atoms with Crippen LogP contribution in [0.5, 0.6) is 0 Å². The number of hydrogen-bond acceptors (Lipinski definition) is 3. The molecule has 0 fully saturated rings. The van der Waals surface area contributed by atoms with Gasteiger partial charge in [0.1, 0.15) is 5.82 Å². The average molecular weight is 261 g/mol. The second-order valence-electron chi connectivity index (χ2n) is 4.04. The molecule has 3 N–H and O–H groups in total. The minimum Gasteiger partial charge on any atom is -0.317 e. The molecule has 0 bridgehead atoms. The minimum absolute atomic E-state index is 0.226. The standard InChI is InChI=1S/C13H12FN3O2/c1-17-7-9(12(18)16-15)6-11(13(17)19)8-3-2-4-10(14)5-8/h2-7H,15H2,1H3,(H,16,18). The zero-order valence-corrected chi connectivity index (χ0v) is 10.2. The highest BCUT2D eigenvalue weighted by atomic mass is 19.1. The van der Waals surface area contributed by atoms with E-state index in [1.165, 1.54) is 42.1 Å². The van der Waals surface area contributed by atoms with Crippen molar-refractivity contribution in [2.45, 2.75) is 0 Å². The van der Waals surface area contributed by atoms with Crippen LogP contribution >= 0.6 is 0 Å². The van der Waals surface area contributed by atoms with Crippen molar-refractivity contribution in [2.75, 3.05) is 0 Å². The molecule has 0 saturated carbocycles. The van der Waals surface area contributed by atoms with Crippen molar-refractivity contribution in [2.24, 2.45) is 12.9 Å². The summed E-state index contributed by atoms with van der Waals surface area (Å²) < 4.78 is 14.5. The van der Waals surface area contributed by atoms with Gasteiger partial charge in [-0.05, 0) is 23.8 Å². The fraction of sp³-hybridized carbons (Fsp3) is 0.0769. The van der Waals surface area contributed by atoms with E-state index in [1.807, 2.05) is 5.43 Å². The molecule has 0 aliphatic heterocycles. The predicted octanol–water partition coefficient (Wildman–Crippen LogP) is 0.795. The molecule has 5 nitrogen and oxygen atoms in total. The Hall–Kier alpha value is -2.47. The van der Waals surface area contributed by atoms with Crippen LogP contribution in [0.25, 0.3) is 11.1 Å². The van der Waals surface area contributed by atoms with Crippen molar-refractivity contribution in [1.82, 2.24) is 9.99 Å². The Bertz CT molecular complexity index is 695. The number of aromatic nitrogens is 1. The Morgan fingerprint density at radius 2 is 2.11 bits per heavy atom. The van der Waals surface area contributed by atoms with Gasteiger partial charge in [-0.3, -0.25) is 15.0 Å². The largest absolute Gasteiger partial charge is 0.317 e. The van der Waals surface area contributed by atoms with E-state index in [0.717, 1.165) is 0 Å². The topological polar surface area (TPSA) is 77.1 Å². The van der Waals surface area contributed by atoms with Crippen LogP contribution in [0, 0.1) is 5.82 Å². The van der Waals surface area contributed by atoms with Gasteiger partial charge in [-0.15, -0.1) is 0 Å². The number of rotatable bonds is 2. The summed E-state index contributed by atoms with van der Waals surface area (Å²) in [4.78, 5) is 23.5. The van der Waals surface area contributed by atoms with Crippen LogP contribution in [0.1, 0.15) is 10.4 Å². The zero-order chi connectivity index (χ0) is 14.0. The maximum Gasteiger partial charge on any atom is 0.266 e. The number of nitrogen functional groups attached to an aromatic ring is 1. The van der Waals surface area contributed by atoms with Gasteiger partial charge in [0.15, 0.2) is 0 Å². The van der Waals surface area contributed by atoms with E-state index in [1.54, 1.807) is 6.07 Å². The highest BCUT2D eigenvalue weighted by Gasteiger charge is 2.11. The van der Waals surface area contributed by atoms with Gasteiger partial charge < -0.3 is 4.57 Å². The molecule has 0 aliphatic rings. The van der Waals surface area contributed by atoms with Gasteiger partial charge in [0.2, 0.25) is 0 Å². The SMILES string of the molecule is Cn1cc(C(=O)NN)cc(-c2cccc(F)c2)c1=O. The Morgan fingerprint density at radius 3 is 2.74 bits per heavy atom. The monoisotopic (exact) mass is 261 g/mol. The predicted molar refractivity (Wildman–Crippen MR) is 68.7 cm³/mol. The first kappa shape index (κ1) is 13.0. The van der Waals surface area contributed by atoms with Gasteiger partial charge in [-0.2, -0.15) is 0 Å². The molecule has 1 heterocycles. The number of hydrogen-bond donors (Lipinski definition) is 2. The van der Waals surface area contributed by atoms with Gasteiger partial charge in [0.05, 0.1) is 5.56 Å². The fourth-order valence-electron chi connectivity index (χ4n) is 1.78. The Morgan fingerprint density at radius 1 is 1.37 bits per heavy atom. The number of pyridine rings is 1. The van der Waals surface area contributed by atoms with Gasteiger partial charge in [0, 0.05) is 18.8 Å². The summed E-state index contributed by atoms with van der Waals surface area (Å²) in [6.45, 7) is 0. The van der Waals surface area contributed by atoms with Crippen molar-refractivity contribution in [3.8, 4) is 11.1 Å². The molecule has 6 heteroatoms. The summed E-state index contributed by atoms with van der Waals surface area (Å²) in [5.74, 6) is 4.09. The molecule has 1 aromatic heterocycles.